The number of rotatable bonds is 9. The molecule has 2 heterocycles. The van der Waals surface area contributed by atoms with Crippen molar-refractivity contribution in [1.29, 1.82) is 0 Å². The third-order valence-electron chi connectivity index (χ3n) is 5.75. The van der Waals surface area contributed by atoms with Crippen LogP contribution < -0.4 is 10.6 Å². The molecule has 0 aromatic rings. The highest BCUT2D eigenvalue weighted by Crippen LogP contribution is 2.30. The standard InChI is InChI=1S/C19H35ClN2O5S/c1-4-5-6-7-11-8-12(21-9-11)18(26)22-13(10(2)20)17-15(24)14(23)16(25)19(27-17)28-3/h10-17,19,21,23-25H,4-9H2,1-3H3,(H,22,26)/t10-,11?,12?,13+,14-,15+,16+,17+,19?/m0/s1. The van der Waals surface area contributed by atoms with E-state index in [4.69, 9.17) is 16.3 Å². The fourth-order valence-corrected chi connectivity index (χ4v) is 4.89. The number of thioether (sulfide) groups is 1. The third-order valence-corrected chi connectivity index (χ3v) is 6.88. The lowest BCUT2D eigenvalue weighted by atomic mass is 9.92. The van der Waals surface area contributed by atoms with E-state index in [9.17, 15) is 20.1 Å². The summed E-state index contributed by atoms with van der Waals surface area (Å²) < 4.78 is 5.79. The molecule has 0 saturated carbocycles. The van der Waals surface area contributed by atoms with Crippen LogP contribution in [0.2, 0.25) is 0 Å². The average Bonchev–Trinajstić information content (AvgIpc) is 3.14. The van der Waals surface area contributed by atoms with Gasteiger partial charge in [-0.15, -0.1) is 23.4 Å². The van der Waals surface area contributed by atoms with Crippen LogP contribution in [0.5, 0.6) is 0 Å². The van der Waals surface area contributed by atoms with Crippen molar-refractivity contribution in [2.24, 2.45) is 5.92 Å². The van der Waals surface area contributed by atoms with Gasteiger partial charge >= 0.3 is 0 Å². The largest absolute Gasteiger partial charge is 0.388 e. The lowest BCUT2D eigenvalue weighted by molar-refractivity contribution is -0.205. The monoisotopic (exact) mass is 438 g/mol. The van der Waals surface area contributed by atoms with Crippen molar-refractivity contribution in [2.45, 2.75) is 93.3 Å². The molecule has 5 N–H and O–H groups in total. The molecule has 9 heteroatoms. The van der Waals surface area contributed by atoms with Gasteiger partial charge < -0.3 is 30.7 Å². The Morgan fingerprint density at radius 3 is 2.61 bits per heavy atom. The lowest BCUT2D eigenvalue weighted by Gasteiger charge is -2.44. The SMILES string of the molecule is CCCCCC1CNC(C(=O)N[C@@H]([C@H]2OC(SC)[C@H](O)[C@@H](O)[C@H]2O)[C@H](C)Cl)C1. The summed E-state index contributed by atoms with van der Waals surface area (Å²) in [5.41, 5.74) is -0.703. The zero-order valence-corrected chi connectivity index (χ0v) is 18.5. The molecule has 0 aliphatic carbocycles. The first-order chi connectivity index (χ1) is 13.3. The van der Waals surface area contributed by atoms with Crippen molar-refractivity contribution < 1.29 is 24.9 Å². The van der Waals surface area contributed by atoms with E-state index >= 15 is 0 Å². The van der Waals surface area contributed by atoms with E-state index in [2.05, 4.69) is 17.6 Å². The van der Waals surface area contributed by atoms with Crippen molar-refractivity contribution in [3.8, 4) is 0 Å². The van der Waals surface area contributed by atoms with Gasteiger partial charge in [0.25, 0.3) is 0 Å². The number of ether oxygens (including phenoxy) is 1. The predicted molar refractivity (Wildman–Crippen MR) is 111 cm³/mol. The molecule has 3 unspecified atom stereocenters. The average molecular weight is 439 g/mol. The molecule has 0 aromatic carbocycles. The van der Waals surface area contributed by atoms with E-state index in [1.807, 2.05) is 0 Å². The summed E-state index contributed by atoms with van der Waals surface area (Å²) in [6, 6.07) is -0.987. The van der Waals surface area contributed by atoms with Crippen LogP contribution in [0.4, 0.5) is 0 Å². The summed E-state index contributed by atoms with van der Waals surface area (Å²) >= 11 is 7.54. The van der Waals surface area contributed by atoms with Crippen LogP contribution in [0.1, 0.15) is 46.0 Å². The van der Waals surface area contributed by atoms with Crippen LogP contribution in [0, 0.1) is 5.92 Å². The predicted octanol–water partition coefficient (Wildman–Crippen LogP) is 0.828. The van der Waals surface area contributed by atoms with Crippen LogP contribution in [0.15, 0.2) is 0 Å². The first kappa shape index (κ1) is 24.2. The Balaban J connectivity index is 1.98. The van der Waals surface area contributed by atoms with E-state index in [0.29, 0.717) is 5.92 Å². The van der Waals surface area contributed by atoms with Crippen LogP contribution in [-0.4, -0.2) is 81.3 Å². The van der Waals surface area contributed by atoms with Gasteiger partial charge in [-0.1, -0.05) is 26.2 Å². The molecule has 0 spiro atoms. The van der Waals surface area contributed by atoms with E-state index in [0.717, 1.165) is 19.4 Å². The number of hydrogen-bond donors (Lipinski definition) is 5. The molecule has 7 nitrogen and oxygen atoms in total. The van der Waals surface area contributed by atoms with Crippen LogP contribution >= 0.6 is 23.4 Å². The zero-order chi connectivity index (χ0) is 20.8. The Bertz CT molecular complexity index is 499. The number of alkyl halides is 1. The normalized spacial score (nSPS) is 38.2. The topological polar surface area (TPSA) is 111 Å². The molecule has 2 rings (SSSR count). The Hall–Kier alpha value is -0.0900. The van der Waals surface area contributed by atoms with Crippen molar-refractivity contribution >= 4 is 29.3 Å². The van der Waals surface area contributed by atoms with Crippen LogP contribution in [-0.2, 0) is 9.53 Å². The molecule has 1 amide bonds. The fourth-order valence-electron chi connectivity index (χ4n) is 4.00. The minimum absolute atomic E-state index is 0.174. The Morgan fingerprint density at radius 1 is 1.29 bits per heavy atom. The van der Waals surface area contributed by atoms with Gasteiger partial charge in [-0.05, 0) is 38.5 Å². The number of nitrogens with one attached hydrogen (secondary N) is 2. The number of amides is 1. The number of aliphatic hydroxyl groups is 3. The van der Waals surface area contributed by atoms with E-state index in [1.165, 1.54) is 31.0 Å². The maximum absolute atomic E-state index is 12.8. The van der Waals surface area contributed by atoms with E-state index < -0.39 is 41.3 Å². The lowest BCUT2D eigenvalue weighted by Crippen LogP contribution is -2.65. The van der Waals surface area contributed by atoms with Gasteiger partial charge in [0.1, 0.15) is 29.9 Å². The number of carbonyl (C=O) groups excluding carboxylic acids is 1. The van der Waals surface area contributed by atoms with Crippen LogP contribution in [0.3, 0.4) is 0 Å². The number of hydrogen-bond acceptors (Lipinski definition) is 7. The van der Waals surface area contributed by atoms with E-state index in [1.54, 1.807) is 13.2 Å². The molecule has 9 atom stereocenters. The Morgan fingerprint density at radius 2 is 2.00 bits per heavy atom. The van der Waals surface area contributed by atoms with Gasteiger partial charge in [0.15, 0.2) is 0 Å². The molecule has 164 valence electrons. The Kier molecular flexibility index (Phi) is 9.80. The second-order valence-electron chi connectivity index (χ2n) is 7.95. The summed E-state index contributed by atoms with van der Waals surface area (Å²) in [7, 11) is 0. The molecule has 28 heavy (non-hydrogen) atoms. The number of halogens is 1. The van der Waals surface area contributed by atoms with Crippen LogP contribution in [0.25, 0.3) is 0 Å². The molecular weight excluding hydrogens is 404 g/mol. The fraction of sp³-hybridized carbons (Fsp3) is 0.947. The molecule has 0 aromatic heterocycles. The summed E-state index contributed by atoms with van der Waals surface area (Å²) in [6.07, 6.45) is 2.39. The minimum Gasteiger partial charge on any atom is -0.388 e. The second kappa shape index (κ2) is 11.3. The second-order valence-corrected chi connectivity index (χ2v) is 9.57. The van der Waals surface area contributed by atoms with Gasteiger partial charge in [-0.25, -0.2) is 0 Å². The first-order valence-electron chi connectivity index (χ1n) is 10.2. The Labute approximate surface area is 176 Å². The van der Waals surface area contributed by atoms with Crippen molar-refractivity contribution in [3.63, 3.8) is 0 Å². The molecule has 0 radical (unpaired) electrons. The molecule has 2 aliphatic rings. The number of unbranched alkanes of at least 4 members (excludes halogenated alkanes) is 2. The van der Waals surface area contributed by atoms with E-state index in [-0.39, 0.29) is 11.9 Å². The minimum atomic E-state index is -1.36. The third kappa shape index (κ3) is 5.97. The van der Waals surface area contributed by atoms with Crippen molar-refractivity contribution in [1.82, 2.24) is 10.6 Å². The van der Waals surface area contributed by atoms with Crippen molar-refractivity contribution in [3.05, 3.63) is 0 Å². The number of aliphatic hydroxyl groups excluding tert-OH is 3. The van der Waals surface area contributed by atoms with Gasteiger partial charge in [0.2, 0.25) is 5.91 Å². The zero-order valence-electron chi connectivity index (χ0n) is 16.9. The smallest absolute Gasteiger partial charge is 0.237 e. The first-order valence-corrected chi connectivity index (χ1v) is 11.9. The molecular formula is C19H35ClN2O5S. The van der Waals surface area contributed by atoms with Gasteiger partial charge in [-0.3, -0.25) is 4.79 Å². The quantitative estimate of drug-likeness (QED) is 0.268. The maximum atomic E-state index is 12.8. The van der Waals surface area contributed by atoms with Gasteiger partial charge in [-0.2, -0.15) is 0 Å². The molecule has 0 bridgehead atoms. The molecule has 2 saturated heterocycles. The summed E-state index contributed by atoms with van der Waals surface area (Å²) in [5, 5.41) is 36.3. The van der Waals surface area contributed by atoms with Crippen molar-refractivity contribution in [2.75, 3.05) is 12.8 Å². The number of carbonyl (C=O) groups is 1. The van der Waals surface area contributed by atoms with Gasteiger partial charge in [0, 0.05) is 0 Å². The highest BCUT2D eigenvalue weighted by atomic mass is 35.5. The molecule has 2 aliphatic heterocycles. The van der Waals surface area contributed by atoms with Gasteiger partial charge in [0.05, 0.1) is 17.5 Å². The summed E-state index contributed by atoms with van der Waals surface area (Å²) in [6.45, 7) is 4.71. The highest BCUT2D eigenvalue weighted by Gasteiger charge is 2.48. The maximum Gasteiger partial charge on any atom is 0.237 e. The summed E-state index contributed by atoms with van der Waals surface area (Å²) in [5.74, 6) is 0.316. The molecule has 2 fully saturated rings. The summed E-state index contributed by atoms with van der Waals surface area (Å²) in [4.78, 5) is 12.8. The highest BCUT2D eigenvalue weighted by molar-refractivity contribution is 7.99.